The van der Waals surface area contributed by atoms with Gasteiger partial charge >= 0.3 is 11.9 Å². The van der Waals surface area contributed by atoms with Gasteiger partial charge < -0.3 is 34.3 Å². The molecular formula is C57H102O12S. The van der Waals surface area contributed by atoms with Crippen molar-refractivity contribution in [2.45, 2.75) is 282 Å². The molecule has 12 nitrogen and oxygen atoms in total. The standard InChI is InChI=1S/C57H102O12S/c1-3-5-7-9-11-13-15-17-19-21-23-24-25-26-28-30-32-34-36-38-40-42-44-46-53(59)68-50(48-67-57-56(62)55(61)54(60)51(69-57)49-70(63,64)65)47-66-52(58)45-43-41-39-37-35-33-31-29-27-22-20-18-16-14-12-10-8-6-4-2/h5,7,11,13,17,19,23-24,50-51,54-57,60-62H,3-4,6,8-10,12,14-16,18,20-22,25-49H2,1-2H3,(H,63,64,65)/b7-5-,13-11-,19-17-,24-23-. The molecule has 0 spiro atoms. The van der Waals surface area contributed by atoms with Crippen LogP contribution in [0.4, 0.5) is 0 Å². The molecule has 1 saturated heterocycles. The summed E-state index contributed by atoms with van der Waals surface area (Å²) in [4.78, 5) is 25.6. The zero-order valence-corrected chi connectivity index (χ0v) is 44.9. The summed E-state index contributed by atoms with van der Waals surface area (Å²) >= 11 is 0. The zero-order valence-electron chi connectivity index (χ0n) is 44.1. The number of aliphatic hydroxyl groups is 3. The van der Waals surface area contributed by atoms with Crippen LogP contribution >= 0.6 is 0 Å². The maximum absolute atomic E-state index is 12.9. The highest BCUT2D eigenvalue weighted by Gasteiger charge is 2.46. The summed E-state index contributed by atoms with van der Waals surface area (Å²) in [5, 5.41) is 31.0. The predicted molar refractivity (Wildman–Crippen MR) is 284 cm³/mol. The summed E-state index contributed by atoms with van der Waals surface area (Å²) < 4.78 is 54.4. The van der Waals surface area contributed by atoms with Crippen LogP contribution in [0.5, 0.6) is 0 Å². The number of aliphatic hydroxyl groups excluding tert-OH is 3. The fourth-order valence-corrected chi connectivity index (χ4v) is 9.30. The fourth-order valence-electron chi connectivity index (χ4n) is 8.61. The number of hydrogen-bond donors (Lipinski definition) is 4. The number of esters is 2. The number of carbonyl (C=O) groups excluding carboxylic acids is 2. The minimum absolute atomic E-state index is 0.160. The van der Waals surface area contributed by atoms with Crippen molar-refractivity contribution in [2.24, 2.45) is 0 Å². The van der Waals surface area contributed by atoms with E-state index in [-0.39, 0.29) is 19.4 Å². The van der Waals surface area contributed by atoms with Crippen LogP contribution in [-0.4, -0.2) is 96.0 Å². The Bertz CT molecular complexity index is 1460. The van der Waals surface area contributed by atoms with Crippen LogP contribution in [0, 0.1) is 0 Å². The van der Waals surface area contributed by atoms with Crippen LogP contribution in [0.2, 0.25) is 0 Å². The fraction of sp³-hybridized carbons (Fsp3) is 0.825. The lowest BCUT2D eigenvalue weighted by molar-refractivity contribution is -0.297. The molecule has 0 bridgehead atoms. The summed E-state index contributed by atoms with van der Waals surface area (Å²) in [5.41, 5.74) is 0. The minimum Gasteiger partial charge on any atom is -0.462 e. The molecule has 6 unspecified atom stereocenters. The van der Waals surface area contributed by atoms with Crippen molar-refractivity contribution in [1.82, 2.24) is 0 Å². The largest absolute Gasteiger partial charge is 0.462 e. The quantitative estimate of drug-likeness (QED) is 0.0196. The molecular weight excluding hydrogens is 909 g/mol. The smallest absolute Gasteiger partial charge is 0.306 e. The second kappa shape index (κ2) is 46.4. The topological polar surface area (TPSA) is 186 Å². The molecule has 0 aromatic heterocycles. The van der Waals surface area contributed by atoms with Crippen molar-refractivity contribution in [3.63, 3.8) is 0 Å². The summed E-state index contributed by atoms with van der Waals surface area (Å²) in [5.74, 6) is -1.98. The Kier molecular flexibility index (Phi) is 43.5. The molecule has 70 heavy (non-hydrogen) atoms. The number of carbonyl (C=O) groups is 2. The molecule has 1 rings (SSSR count). The van der Waals surface area contributed by atoms with Gasteiger partial charge in [0.25, 0.3) is 10.1 Å². The molecule has 0 aromatic rings. The van der Waals surface area contributed by atoms with Crippen molar-refractivity contribution in [3.8, 4) is 0 Å². The van der Waals surface area contributed by atoms with Crippen LogP contribution < -0.4 is 0 Å². The van der Waals surface area contributed by atoms with E-state index in [4.69, 9.17) is 18.9 Å². The van der Waals surface area contributed by atoms with E-state index >= 15 is 0 Å². The molecule has 0 radical (unpaired) electrons. The SMILES string of the molecule is CC/C=C\C/C=C\C/C=C\C/C=C\CCCCCCCCCCCCC(=O)OC(COC(=O)CCCCCCCCCCCCCCCCCCCCC)COC1OC(CS(=O)(=O)O)C(O)C(O)C1O. The Labute approximate surface area is 426 Å². The molecule has 13 heteroatoms. The van der Waals surface area contributed by atoms with Gasteiger partial charge in [0.1, 0.15) is 36.8 Å². The van der Waals surface area contributed by atoms with E-state index in [2.05, 4.69) is 62.5 Å². The monoisotopic (exact) mass is 1010 g/mol. The molecule has 6 atom stereocenters. The Hall–Kier alpha value is -2.39. The van der Waals surface area contributed by atoms with Crippen LogP contribution in [0.1, 0.15) is 245 Å². The molecule has 0 aliphatic carbocycles. The van der Waals surface area contributed by atoms with E-state index in [1.807, 2.05) is 0 Å². The van der Waals surface area contributed by atoms with Crippen LogP contribution in [-0.2, 0) is 38.7 Å². The highest BCUT2D eigenvalue weighted by atomic mass is 32.2. The van der Waals surface area contributed by atoms with E-state index in [1.165, 1.54) is 128 Å². The number of hydrogen-bond acceptors (Lipinski definition) is 11. The average molecular weight is 1010 g/mol. The van der Waals surface area contributed by atoms with Crippen LogP contribution in [0.3, 0.4) is 0 Å². The first-order chi connectivity index (χ1) is 34.0. The van der Waals surface area contributed by atoms with Crippen molar-refractivity contribution in [2.75, 3.05) is 19.0 Å². The third-order valence-electron chi connectivity index (χ3n) is 12.9. The van der Waals surface area contributed by atoms with Gasteiger partial charge in [0, 0.05) is 12.8 Å². The third kappa shape index (κ3) is 40.1. The number of rotatable bonds is 48. The van der Waals surface area contributed by atoms with Crippen molar-refractivity contribution >= 4 is 22.1 Å². The van der Waals surface area contributed by atoms with Gasteiger partial charge in [-0.1, -0.05) is 229 Å². The maximum atomic E-state index is 12.9. The first-order valence-electron chi connectivity index (χ1n) is 28.2. The number of allylic oxidation sites excluding steroid dienone is 8. The lowest BCUT2D eigenvalue weighted by Gasteiger charge is -2.40. The molecule has 408 valence electrons. The highest BCUT2D eigenvalue weighted by molar-refractivity contribution is 7.85. The Morgan fingerprint density at radius 2 is 0.900 bits per heavy atom. The van der Waals surface area contributed by atoms with Gasteiger partial charge in [0.15, 0.2) is 12.4 Å². The molecule has 0 aromatic carbocycles. The van der Waals surface area contributed by atoms with Crippen LogP contribution in [0.25, 0.3) is 0 Å². The maximum Gasteiger partial charge on any atom is 0.306 e. The normalized spacial score (nSPS) is 19.3. The molecule has 1 fully saturated rings. The lowest BCUT2D eigenvalue weighted by atomic mass is 10.00. The Balaban J connectivity index is 2.32. The molecule has 0 amide bonds. The van der Waals surface area contributed by atoms with E-state index in [1.54, 1.807) is 0 Å². The van der Waals surface area contributed by atoms with Gasteiger partial charge in [-0.2, -0.15) is 8.42 Å². The number of unbranched alkanes of at least 4 members (excludes halogenated alkanes) is 28. The van der Waals surface area contributed by atoms with E-state index in [9.17, 15) is 37.9 Å². The van der Waals surface area contributed by atoms with Crippen molar-refractivity contribution < 1.29 is 56.8 Å². The lowest BCUT2D eigenvalue weighted by Crippen LogP contribution is -2.60. The molecule has 1 aliphatic heterocycles. The van der Waals surface area contributed by atoms with Crippen LogP contribution in [0.15, 0.2) is 48.6 Å². The van der Waals surface area contributed by atoms with Gasteiger partial charge in [-0.05, 0) is 51.4 Å². The summed E-state index contributed by atoms with van der Waals surface area (Å²) in [6, 6.07) is 0. The zero-order chi connectivity index (χ0) is 51.2. The second-order valence-electron chi connectivity index (χ2n) is 19.6. The Morgan fingerprint density at radius 3 is 1.34 bits per heavy atom. The first-order valence-corrected chi connectivity index (χ1v) is 29.8. The van der Waals surface area contributed by atoms with Gasteiger partial charge in [-0.25, -0.2) is 0 Å². The second-order valence-corrected chi connectivity index (χ2v) is 21.1. The summed E-state index contributed by atoms with van der Waals surface area (Å²) in [6.45, 7) is 3.69. The van der Waals surface area contributed by atoms with Crippen molar-refractivity contribution in [1.29, 1.82) is 0 Å². The Morgan fingerprint density at radius 1 is 0.500 bits per heavy atom. The number of ether oxygens (including phenoxy) is 4. The molecule has 1 aliphatic rings. The predicted octanol–water partition coefficient (Wildman–Crippen LogP) is 13.5. The summed E-state index contributed by atoms with van der Waals surface area (Å²) in [6.07, 6.45) is 48.6. The summed E-state index contributed by atoms with van der Waals surface area (Å²) in [7, 11) is -4.61. The minimum atomic E-state index is -4.61. The van der Waals surface area contributed by atoms with Gasteiger partial charge in [0.2, 0.25) is 0 Å². The van der Waals surface area contributed by atoms with E-state index < -0.39 is 71.2 Å². The molecule has 0 saturated carbocycles. The van der Waals surface area contributed by atoms with E-state index in [0.29, 0.717) is 12.8 Å². The average Bonchev–Trinajstić information content (AvgIpc) is 3.33. The highest BCUT2D eigenvalue weighted by Crippen LogP contribution is 2.24. The van der Waals surface area contributed by atoms with Gasteiger partial charge in [-0.15, -0.1) is 0 Å². The van der Waals surface area contributed by atoms with Gasteiger partial charge in [0.05, 0.1) is 6.61 Å². The molecule has 1 heterocycles. The third-order valence-corrected chi connectivity index (χ3v) is 13.7. The van der Waals surface area contributed by atoms with E-state index in [0.717, 1.165) is 77.0 Å². The molecule has 4 N–H and O–H groups in total. The van der Waals surface area contributed by atoms with Crippen molar-refractivity contribution in [3.05, 3.63) is 48.6 Å². The first kappa shape index (κ1) is 65.6. The van der Waals surface area contributed by atoms with Gasteiger partial charge in [-0.3, -0.25) is 14.1 Å².